The van der Waals surface area contributed by atoms with Gasteiger partial charge < -0.3 is 15.2 Å². The minimum absolute atomic E-state index is 0.0253. The van der Waals surface area contributed by atoms with E-state index in [1.54, 1.807) is 11.1 Å². The first-order valence-corrected chi connectivity index (χ1v) is 11.2. The number of halogens is 1. The number of benzene rings is 1. The Balaban J connectivity index is 1.77. The maximum atomic E-state index is 13.7. The molecule has 0 radical (unpaired) electrons. The predicted octanol–water partition coefficient (Wildman–Crippen LogP) is 2.93. The van der Waals surface area contributed by atoms with Crippen molar-refractivity contribution in [3.8, 4) is 5.75 Å². The summed E-state index contributed by atoms with van der Waals surface area (Å²) in [6.45, 7) is 9.88. The molecule has 7 nitrogen and oxygen atoms in total. The summed E-state index contributed by atoms with van der Waals surface area (Å²) in [4.78, 5) is 26.9. The van der Waals surface area contributed by atoms with Crippen LogP contribution in [0.15, 0.2) is 23.3 Å². The molecule has 0 aromatic heterocycles. The summed E-state index contributed by atoms with van der Waals surface area (Å²) < 4.78 is 5.53. The molecule has 1 aromatic rings. The van der Waals surface area contributed by atoms with Crippen molar-refractivity contribution in [3.05, 3.63) is 39.4 Å². The standard InChI is InChI=1S/C23H30ClN3O4/c1-13(2)12-31-22(30)19-20(18-10-25-18)23(4)6-5-7-27(23)26(21(19)29)11-16-14(3)8-15(28)9-17(16)24/h8-9,13,18,25,28H,5-7,10-12H2,1-4H3. The first kappa shape index (κ1) is 22.1. The van der Waals surface area contributed by atoms with Crippen molar-refractivity contribution in [2.24, 2.45) is 5.92 Å². The lowest BCUT2D eigenvalue weighted by molar-refractivity contribution is -0.161. The van der Waals surface area contributed by atoms with Gasteiger partial charge in [-0.2, -0.15) is 0 Å². The summed E-state index contributed by atoms with van der Waals surface area (Å²) in [6, 6.07) is 3.14. The van der Waals surface area contributed by atoms with Crippen LogP contribution in [0.3, 0.4) is 0 Å². The average Bonchev–Trinajstić information content (AvgIpc) is 3.44. The minimum atomic E-state index is -0.547. The molecule has 8 heteroatoms. The number of carbonyl (C=O) groups is 2. The molecule has 3 aliphatic heterocycles. The fourth-order valence-corrected chi connectivity index (χ4v) is 5.14. The molecule has 3 heterocycles. The van der Waals surface area contributed by atoms with Gasteiger partial charge in [0.2, 0.25) is 0 Å². The van der Waals surface area contributed by atoms with E-state index in [0.717, 1.165) is 42.6 Å². The van der Waals surface area contributed by atoms with Gasteiger partial charge in [-0.25, -0.2) is 9.80 Å². The molecule has 0 saturated carbocycles. The molecular weight excluding hydrogens is 418 g/mol. The normalized spacial score (nSPS) is 25.9. The van der Waals surface area contributed by atoms with Gasteiger partial charge in [-0.1, -0.05) is 25.4 Å². The Morgan fingerprint density at radius 2 is 2.13 bits per heavy atom. The van der Waals surface area contributed by atoms with E-state index in [4.69, 9.17) is 16.3 Å². The van der Waals surface area contributed by atoms with Crippen molar-refractivity contribution < 1.29 is 19.4 Å². The van der Waals surface area contributed by atoms with Crippen molar-refractivity contribution in [2.45, 2.75) is 58.7 Å². The number of carbonyl (C=O) groups excluding carboxylic acids is 2. The monoisotopic (exact) mass is 447 g/mol. The van der Waals surface area contributed by atoms with Crippen LogP contribution in [-0.2, 0) is 20.9 Å². The second-order valence-electron chi connectivity index (χ2n) is 9.33. The second kappa shape index (κ2) is 8.11. The third-order valence-electron chi connectivity index (χ3n) is 6.41. The van der Waals surface area contributed by atoms with E-state index in [1.165, 1.54) is 6.07 Å². The number of esters is 1. The molecule has 2 atom stereocenters. The van der Waals surface area contributed by atoms with E-state index < -0.39 is 11.5 Å². The van der Waals surface area contributed by atoms with Gasteiger partial charge in [0.05, 0.1) is 18.7 Å². The number of hydrogen-bond acceptors (Lipinski definition) is 6. The van der Waals surface area contributed by atoms with Gasteiger partial charge in [-0.05, 0) is 61.4 Å². The Hall–Kier alpha value is -2.09. The summed E-state index contributed by atoms with van der Waals surface area (Å²) in [7, 11) is 0. The molecule has 4 rings (SSSR count). The first-order valence-electron chi connectivity index (χ1n) is 10.9. The third kappa shape index (κ3) is 3.95. The number of hydrazine groups is 1. The van der Waals surface area contributed by atoms with Crippen molar-refractivity contribution in [1.29, 1.82) is 0 Å². The Bertz CT molecular complexity index is 933. The number of nitrogens with one attached hydrogen (secondary N) is 1. The van der Waals surface area contributed by atoms with Crippen LogP contribution in [-0.4, -0.2) is 58.3 Å². The smallest absolute Gasteiger partial charge is 0.343 e. The highest BCUT2D eigenvalue weighted by atomic mass is 35.5. The number of hydrogen-bond donors (Lipinski definition) is 2. The van der Waals surface area contributed by atoms with E-state index in [-0.39, 0.29) is 42.3 Å². The topological polar surface area (TPSA) is 92.0 Å². The van der Waals surface area contributed by atoms with Gasteiger partial charge in [0.15, 0.2) is 0 Å². The van der Waals surface area contributed by atoms with Crippen molar-refractivity contribution in [1.82, 2.24) is 15.3 Å². The number of fused-ring (bicyclic) bond motifs is 1. The van der Waals surface area contributed by atoms with E-state index in [9.17, 15) is 14.7 Å². The molecule has 0 bridgehead atoms. The number of aryl methyl sites for hydroxylation is 1. The number of amides is 1. The number of ether oxygens (including phenoxy) is 1. The second-order valence-corrected chi connectivity index (χ2v) is 9.74. The Morgan fingerprint density at radius 3 is 2.74 bits per heavy atom. The van der Waals surface area contributed by atoms with Crippen molar-refractivity contribution in [2.75, 3.05) is 19.7 Å². The number of rotatable bonds is 6. The molecule has 2 saturated heterocycles. The maximum Gasteiger partial charge on any atom is 0.343 e. The zero-order valence-corrected chi connectivity index (χ0v) is 19.3. The van der Waals surface area contributed by atoms with Crippen molar-refractivity contribution >= 4 is 23.5 Å². The van der Waals surface area contributed by atoms with E-state index in [2.05, 4.69) is 17.2 Å². The average molecular weight is 448 g/mol. The minimum Gasteiger partial charge on any atom is -0.508 e. The van der Waals surface area contributed by atoms with Gasteiger partial charge >= 0.3 is 5.97 Å². The third-order valence-corrected chi connectivity index (χ3v) is 6.75. The highest BCUT2D eigenvalue weighted by molar-refractivity contribution is 6.31. The molecule has 1 amide bonds. The highest BCUT2D eigenvalue weighted by Crippen LogP contribution is 2.46. The van der Waals surface area contributed by atoms with Gasteiger partial charge in [-0.15, -0.1) is 0 Å². The van der Waals surface area contributed by atoms with Gasteiger partial charge in [0, 0.05) is 24.2 Å². The summed E-state index contributed by atoms with van der Waals surface area (Å²) in [5.74, 6) is -0.630. The summed E-state index contributed by atoms with van der Waals surface area (Å²) >= 11 is 6.42. The molecule has 168 valence electrons. The van der Waals surface area contributed by atoms with Crippen LogP contribution >= 0.6 is 11.6 Å². The first-order chi connectivity index (χ1) is 14.6. The molecule has 31 heavy (non-hydrogen) atoms. The number of phenolic OH excluding ortho intramolecular Hbond substituents is 1. The zero-order chi connectivity index (χ0) is 22.5. The molecule has 0 aliphatic carbocycles. The highest BCUT2D eigenvalue weighted by Gasteiger charge is 2.55. The van der Waals surface area contributed by atoms with Crippen molar-refractivity contribution in [3.63, 3.8) is 0 Å². The predicted molar refractivity (Wildman–Crippen MR) is 117 cm³/mol. The molecule has 2 N–H and O–H groups in total. The zero-order valence-electron chi connectivity index (χ0n) is 18.5. The fraction of sp³-hybridized carbons (Fsp3) is 0.565. The van der Waals surface area contributed by atoms with Gasteiger partial charge in [0.1, 0.15) is 11.3 Å². The van der Waals surface area contributed by atoms with Crippen LogP contribution in [0.1, 0.15) is 44.7 Å². The SMILES string of the molecule is Cc1cc(O)cc(Cl)c1CN1C(=O)C(C(=O)OCC(C)C)=C(C2CN2)C2(C)CCCN12. The summed E-state index contributed by atoms with van der Waals surface area (Å²) in [5.41, 5.74) is 2.12. The van der Waals surface area contributed by atoms with E-state index in [0.29, 0.717) is 5.02 Å². The van der Waals surface area contributed by atoms with Crippen LogP contribution in [0.2, 0.25) is 5.02 Å². The lowest BCUT2D eigenvalue weighted by Crippen LogP contribution is -2.61. The lowest BCUT2D eigenvalue weighted by atomic mass is 9.81. The largest absolute Gasteiger partial charge is 0.508 e. The molecular formula is C23H30ClN3O4. The van der Waals surface area contributed by atoms with Gasteiger partial charge in [0.25, 0.3) is 5.91 Å². The summed E-state index contributed by atoms with van der Waals surface area (Å²) in [5, 5.41) is 17.3. The number of phenols is 1. The van der Waals surface area contributed by atoms with Crippen LogP contribution in [0.4, 0.5) is 0 Å². The summed E-state index contributed by atoms with van der Waals surface area (Å²) in [6.07, 6.45) is 1.78. The molecule has 3 aliphatic rings. The Morgan fingerprint density at radius 1 is 1.42 bits per heavy atom. The lowest BCUT2D eigenvalue weighted by Gasteiger charge is -2.48. The van der Waals surface area contributed by atoms with Gasteiger partial charge in [-0.3, -0.25) is 9.80 Å². The molecule has 0 spiro atoms. The molecule has 1 aromatic carbocycles. The Labute approximate surface area is 188 Å². The molecule has 2 fully saturated rings. The van der Waals surface area contributed by atoms with Crippen LogP contribution < -0.4 is 5.32 Å². The fourth-order valence-electron chi connectivity index (χ4n) is 4.82. The molecule has 2 unspecified atom stereocenters. The van der Waals surface area contributed by atoms with E-state index >= 15 is 0 Å². The quantitative estimate of drug-likeness (QED) is 0.395. The van der Waals surface area contributed by atoms with Crippen LogP contribution in [0.5, 0.6) is 5.75 Å². The van der Waals surface area contributed by atoms with E-state index in [1.807, 2.05) is 20.8 Å². The van der Waals surface area contributed by atoms with Crippen LogP contribution in [0, 0.1) is 12.8 Å². The Kier molecular flexibility index (Phi) is 5.79. The van der Waals surface area contributed by atoms with Crippen LogP contribution in [0.25, 0.3) is 0 Å². The maximum absolute atomic E-state index is 13.7. The number of nitrogens with zero attached hydrogens (tertiary/aromatic N) is 2. The number of aromatic hydroxyl groups is 1.